The van der Waals surface area contributed by atoms with E-state index >= 15 is 0 Å². The zero-order chi connectivity index (χ0) is 19.3. The Balaban J connectivity index is 1.56. The van der Waals surface area contributed by atoms with Crippen molar-refractivity contribution in [2.75, 3.05) is 11.9 Å². The Morgan fingerprint density at radius 3 is 2.68 bits per heavy atom. The summed E-state index contributed by atoms with van der Waals surface area (Å²) in [5.74, 6) is 0.648. The fourth-order valence-electron chi connectivity index (χ4n) is 3.75. The average molecular weight is 378 g/mol. The molecule has 4 rings (SSSR count). The zero-order valence-electron chi connectivity index (χ0n) is 16.2. The molecule has 0 aromatic carbocycles. The van der Waals surface area contributed by atoms with Crippen LogP contribution < -0.4 is 10.2 Å². The van der Waals surface area contributed by atoms with Crippen LogP contribution in [0.15, 0.2) is 43.0 Å². The van der Waals surface area contributed by atoms with Gasteiger partial charge in [0.15, 0.2) is 5.65 Å². The lowest BCUT2D eigenvalue weighted by atomic mass is 9.96. The van der Waals surface area contributed by atoms with Crippen LogP contribution in [-0.4, -0.2) is 38.6 Å². The largest absolute Gasteiger partial charge is 0.349 e. The van der Waals surface area contributed by atoms with Crippen LogP contribution in [0.5, 0.6) is 0 Å². The number of pyridine rings is 1. The maximum atomic E-state index is 12.9. The summed E-state index contributed by atoms with van der Waals surface area (Å²) >= 11 is 0. The quantitative estimate of drug-likeness (QED) is 0.749. The maximum absolute atomic E-state index is 12.9. The number of rotatable bonds is 4. The van der Waals surface area contributed by atoms with Crippen LogP contribution in [0.1, 0.15) is 55.3 Å². The highest BCUT2D eigenvalue weighted by Crippen LogP contribution is 2.22. The fourth-order valence-corrected chi connectivity index (χ4v) is 3.75. The lowest BCUT2D eigenvalue weighted by Crippen LogP contribution is -2.35. The van der Waals surface area contributed by atoms with Crippen molar-refractivity contribution in [1.82, 2.24) is 24.9 Å². The second-order valence-electron chi connectivity index (χ2n) is 7.40. The first kappa shape index (κ1) is 18.4. The van der Waals surface area contributed by atoms with Gasteiger partial charge in [-0.25, -0.2) is 9.50 Å². The number of amides is 1. The van der Waals surface area contributed by atoms with Crippen LogP contribution in [0.25, 0.3) is 5.65 Å². The van der Waals surface area contributed by atoms with Crippen molar-refractivity contribution in [3.8, 4) is 0 Å². The number of fused-ring (bicyclic) bond motifs is 1. The normalized spacial score (nSPS) is 15.8. The van der Waals surface area contributed by atoms with Crippen molar-refractivity contribution in [2.24, 2.45) is 0 Å². The lowest BCUT2D eigenvalue weighted by Gasteiger charge is -2.21. The molecule has 28 heavy (non-hydrogen) atoms. The minimum Gasteiger partial charge on any atom is -0.349 e. The Bertz CT molecular complexity index is 930. The summed E-state index contributed by atoms with van der Waals surface area (Å²) in [5, 5.41) is 7.51. The van der Waals surface area contributed by atoms with Crippen LogP contribution in [0.2, 0.25) is 0 Å². The van der Waals surface area contributed by atoms with Crippen molar-refractivity contribution < 1.29 is 4.79 Å². The van der Waals surface area contributed by atoms with E-state index in [0.29, 0.717) is 11.2 Å². The molecule has 0 atom stereocenters. The topological polar surface area (TPSA) is 75.4 Å². The van der Waals surface area contributed by atoms with Gasteiger partial charge in [0.1, 0.15) is 11.4 Å². The summed E-state index contributed by atoms with van der Waals surface area (Å²) in [5.41, 5.74) is 2.01. The highest BCUT2D eigenvalue weighted by atomic mass is 16.1. The van der Waals surface area contributed by atoms with Gasteiger partial charge in [0.05, 0.1) is 18.1 Å². The van der Waals surface area contributed by atoms with Gasteiger partial charge < -0.3 is 10.2 Å². The molecule has 0 aliphatic heterocycles. The van der Waals surface area contributed by atoms with Gasteiger partial charge in [0.2, 0.25) is 0 Å². The summed E-state index contributed by atoms with van der Waals surface area (Å²) in [7, 11) is 1.93. The molecule has 0 saturated heterocycles. The predicted octanol–water partition coefficient (Wildman–Crippen LogP) is 3.73. The van der Waals surface area contributed by atoms with E-state index in [4.69, 9.17) is 4.98 Å². The molecular formula is C21H26N6O. The van der Waals surface area contributed by atoms with Crippen molar-refractivity contribution >= 4 is 23.1 Å². The minimum atomic E-state index is -0.0887. The van der Waals surface area contributed by atoms with Gasteiger partial charge in [-0.1, -0.05) is 32.1 Å². The summed E-state index contributed by atoms with van der Waals surface area (Å²) in [6, 6.07) is 5.97. The SMILES string of the molecule is CN(c1cccnc1)c1ccn2ncc(C(=O)NC3CCCCCCC3)c2n1. The second kappa shape index (κ2) is 8.37. The zero-order valence-corrected chi connectivity index (χ0v) is 16.2. The standard InChI is InChI=1S/C21H26N6O/c1-26(17-10-7-12-22-14-17)19-11-13-27-20(25-19)18(15-23-27)21(28)24-16-8-5-3-2-4-6-9-16/h7,10-16H,2-6,8-9H2,1H3,(H,24,28). The Morgan fingerprint density at radius 1 is 1.14 bits per heavy atom. The first-order valence-corrected chi connectivity index (χ1v) is 10.0. The average Bonchev–Trinajstić information content (AvgIpc) is 3.13. The Hall–Kier alpha value is -2.96. The monoisotopic (exact) mass is 378 g/mol. The number of nitrogens with one attached hydrogen (secondary N) is 1. The van der Waals surface area contributed by atoms with Crippen LogP contribution in [0, 0.1) is 0 Å². The van der Waals surface area contributed by atoms with Crippen molar-refractivity contribution in [2.45, 2.75) is 51.0 Å². The number of nitrogens with zero attached hydrogens (tertiary/aromatic N) is 5. The Kier molecular flexibility index (Phi) is 5.50. The molecule has 1 aliphatic carbocycles. The summed E-state index contributed by atoms with van der Waals surface area (Å²) in [4.78, 5) is 23.7. The van der Waals surface area contributed by atoms with Gasteiger partial charge in [0, 0.05) is 25.5 Å². The minimum absolute atomic E-state index is 0.0887. The van der Waals surface area contributed by atoms with E-state index in [1.54, 1.807) is 23.1 Å². The number of carbonyl (C=O) groups excluding carboxylic acids is 1. The molecule has 7 nitrogen and oxygen atoms in total. The van der Waals surface area contributed by atoms with E-state index in [1.807, 2.05) is 36.3 Å². The van der Waals surface area contributed by atoms with Crippen molar-refractivity contribution in [3.63, 3.8) is 0 Å². The third-order valence-corrected chi connectivity index (χ3v) is 5.42. The van der Waals surface area contributed by atoms with Crippen LogP contribution in [-0.2, 0) is 0 Å². The van der Waals surface area contributed by atoms with E-state index < -0.39 is 0 Å². The number of carbonyl (C=O) groups is 1. The first-order valence-electron chi connectivity index (χ1n) is 10.0. The molecule has 3 aromatic rings. The maximum Gasteiger partial charge on any atom is 0.256 e. The van der Waals surface area contributed by atoms with E-state index in [9.17, 15) is 4.79 Å². The van der Waals surface area contributed by atoms with E-state index in [1.165, 1.54) is 32.1 Å². The number of hydrogen-bond acceptors (Lipinski definition) is 5. The molecule has 1 fully saturated rings. The molecule has 1 aliphatic rings. The molecule has 1 N–H and O–H groups in total. The molecule has 0 spiro atoms. The fraction of sp³-hybridized carbons (Fsp3) is 0.429. The van der Waals surface area contributed by atoms with Crippen molar-refractivity contribution in [3.05, 3.63) is 48.5 Å². The Morgan fingerprint density at radius 2 is 1.93 bits per heavy atom. The van der Waals surface area contributed by atoms with E-state index in [2.05, 4.69) is 15.4 Å². The van der Waals surface area contributed by atoms with Gasteiger partial charge in [-0.15, -0.1) is 0 Å². The molecule has 0 radical (unpaired) electrons. The lowest BCUT2D eigenvalue weighted by molar-refractivity contribution is 0.0932. The third-order valence-electron chi connectivity index (χ3n) is 5.42. The van der Waals surface area contributed by atoms with Crippen molar-refractivity contribution in [1.29, 1.82) is 0 Å². The van der Waals surface area contributed by atoms with E-state index in [0.717, 1.165) is 24.3 Å². The molecule has 3 heterocycles. The van der Waals surface area contributed by atoms with Crippen LogP contribution >= 0.6 is 0 Å². The Labute approximate surface area is 164 Å². The molecule has 7 heteroatoms. The summed E-state index contributed by atoms with van der Waals surface area (Å²) < 4.78 is 1.65. The molecule has 0 unspecified atom stereocenters. The van der Waals surface area contributed by atoms with Gasteiger partial charge >= 0.3 is 0 Å². The highest BCUT2D eigenvalue weighted by Gasteiger charge is 2.19. The summed E-state index contributed by atoms with van der Waals surface area (Å²) in [6.45, 7) is 0. The predicted molar refractivity (Wildman–Crippen MR) is 109 cm³/mol. The molecule has 1 saturated carbocycles. The third kappa shape index (κ3) is 3.98. The highest BCUT2D eigenvalue weighted by molar-refractivity contribution is 6.00. The second-order valence-corrected chi connectivity index (χ2v) is 7.40. The van der Waals surface area contributed by atoms with Crippen LogP contribution in [0.3, 0.4) is 0 Å². The molecule has 146 valence electrons. The van der Waals surface area contributed by atoms with Crippen LogP contribution in [0.4, 0.5) is 11.5 Å². The molecular weight excluding hydrogens is 352 g/mol. The van der Waals surface area contributed by atoms with Gasteiger partial charge in [-0.2, -0.15) is 5.10 Å². The van der Waals surface area contributed by atoms with E-state index in [-0.39, 0.29) is 11.9 Å². The number of anilines is 2. The number of aromatic nitrogens is 4. The smallest absolute Gasteiger partial charge is 0.256 e. The molecule has 1 amide bonds. The first-order chi connectivity index (χ1) is 13.7. The van der Waals surface area contributed by atoms with Gasteiger partial charge in [0.25, 0.3) is 5.91 Å². The molecule has 3 aromatic heterocycles. The number of hydrogen-bond donors (Lipinski definition) is 1. The van der Waals surface area contributed by atoms with Gasteiger partial charge in [-0.05, 0) is 31.0 Å². The van der Waals surface area contributed by atoms with Gasteiger partial charge in [-0.3, -0.25) is 9.78 Å². The summed E-state index contributed by atoms with van der Waals surface area (Å²) in [6.07, 6.45) is 15.2. The molecule has 0 bridgehead atoms.